The van der Waals surface area contributed by atoms with Crippen LogP contribution in [0.2, 0.25) is 0 Å². The van der Waals surface area contributed by atoms with Crippen LogP contribution in [0.3, 0.4) is 0 Å². The van der Waals surface area contributed by atoms with Gasteiger partial charge in [-0.25, -0.2) is 0 Å². The predicted molar refractivity (Wildman–Crippen MR) is 65.4 cm³/mol. The van der Waals surface area contributed by atoms with Crippen molar-refractivity contribution in [3.63, 3.8) is 0 Å². The molecule has 0 saturated carbocycles. The van der Waals surface area contributed by atoms with Gasteiger partial charge in [-0.05, 0) is 39.8 Å². The first-order valence-corrected chi connectivity index (χ1v) is 6.04. The van der Waals surface area contributed by atoms with Crippen LogP contribution in [0.25, 0.3) is 0 Å². The van der Waals surface area contributed by atoms with E-state index < -0.39 is 0 Å². The number of piperazine rings is 1. The van der Waals surface area contributed by atoms with E-state index in [1.165, 1.54) is 0 Å². The number of nitrogens with zero attached hydrogens (tertiary/aromatic N) is 1. The van der Waals surface area contributed by atoms with Gasteiger partial charge >= 0.3 is 0 Å². The van der Waals surface area contributed by atoms with Gasteiger partial charge in [-0.3, -0.25) is 4.90 Å². The Hall–Kier alpha value is -0.800. The quantitative estimate of drug-likeness (QED) is 0.833. The van der Waals surface area contributed by atoms with Gasteiger partial charge in [0.2, 0.25) is 0 Å². The second-order valence-electron chi connectivity index (χ2n) is 5.48. The van der Waals surface area contributed by atoms with E-state index in [0.717, 1.165) is 18.8 Å². The summed E-state index contributed by atoms with van der Waals surface area (Å²) in [6.45, 7) is 11.1. The zero-order valence-electron chi connectivity index (χ0n) is 10.7. The van der Waals surface area contributed by atoms with Crippen LogP contribution in [0, 0.1) is 0 Å². The van der Waals surface area contributed by atoms with Crippen LogP contribution in [0.15, 0.2) is 22.8 Å². The summed E-state index contributed by atoms with van der Waals surface area (Å²) in [4.78, 5) is 2.51. The monoisotopic (exact) mass is 222 g/mol. The molecular formula is C13H22N2O. The number of hydrogen-bond acceptors (Lipinski definition) is 3. The van der Waals surface area contributed by atoms with Gasteiger partial charge in [-0.1, -0.05) is 0 Å². The maximum absolute atomic E-state index is 5.50. The third-order valence-electron chi connectivity index (χ3n) is 3.47. The number of furan rings is 1. The second-order valence-corrected chi connectivity index (χ2v) is 5.48. The first kappa shape index (κ1) is 11.7. The lowest BCUT2D eigenvalue weighted by Gasteiger charge is -2.45. The van der Waals surface area contributed by atoms with Crippen molar-refractivity contribution in [2.24, 2.45) is 0 Å². The minimum absolute atomic E-state index is 0.188. The molecule has 1 aliphatic heterocycles. The highest BCUT2D eigenvalue weighted by Crippen LogP contribution is 2.27. The van der Waals surface area contributed by atoms with E-state index in [2.05, 4.69) is 44.0 Å². The molecule has 0 spiro atoms. The summed E-state index contributed by atoms with van der Waals surface area (Å²) in [5.74, 6) is 1.06. The highest BCUT2D eigenvalue weighted by molar-refractivity contribution is 5.06. The Kier molecular flexibility index (Phi) is 3.08. The maximum atomic E-state index is 5.50. The highest BCUT2D eigenvalue weighted by atomic mass is 16.3. The van der Waals surface area contributed by atoms with Crippen molar-refractivity contribution in [1.82, 2.24) is 10.2 Å². The van der Waals surface area contributed by atoms with E-state index in [4.69, 9.17) is 4.42 Å². The summed E-state index contributed by atoms with van der Waals surface area (Å²) in [6, 6.07) is 4.93. The normalized spacial score (nSPS) is 27.9. The average molecular weight is 222 g/mol. The first-order chi connectivity index (χ1) is 7.49. The summed E-state index contributed by atoms with van der Waals surface area (Å²) in [5.41, 5.74) is 0.188. The number of nitrogens with one attached hydrogen (secondary N) is 1. The molecule has 1 saturated heterocycles. The molecule has 3 heteroatoms. The van der Waals surface area contributed by atoms with E-state index in [-0.39, 0.29) is 5.54 Å². The van der Waals surface area contributed by atoms with Crippen LogP contribution >= 0.6 is 0 Å². The Balaban J connectivity index is 2.12. The maximum Gasteiger partial charge on any atom is 0.120 e. The zero-order chi connectivity index (χ0) is 11.8. The van der Waals surface area contributed by atoms with Crippen molar-refractivity contribution in [3.8, 4) is 0 Å². The topological polar surface area (TPSA) is 28.4 Å². The van der Waals surface area contributed by atoms with Crippen LogP contribution in [0.1, 0.15) is 39.5 Å². The summed E-state index contributed by atoms with van der Waals surface area (Å²) in [5, 5.41) is 3.57. The van der Waals surface area contributed by atoms with Crippen LogP contribution in [0.5, 0.6) is 0 Å². The molecular weight excluding hydrogens is 200 g/mol. The van der Waals surface area contributed by atoms with Crippen molar-refractivity contribution < 1.29 is 4.42 Å². The Morgan fingerprint density at radius 1 is 1.56 bits per heavy atom. The molecule has 1 N–H and O–H groups in total. The van der Waals surface area contributed by atoms with Gasteiger partial charge in [-0.15, -0.1) is 0 Å². The third kappa shape index (κ3) is 2.30. The molecule has 0 amide bonds. The standard InChI is InChI=1S/C13H22N2O/c1-10-8-14-13(3,4)9-15(10)11(2)12-6-5-7-16-12/h5-7,10-11,14H,8-9H2,1-4H3. The second kappa shape index (κ2) is 4.22. The van der Waals surface area contributed by atoms with Gasteiger partial charge in [-0.2, -0.15) is 0 Å². The van der Waals surface area contributed by atoms with Gasteiger partial charge in [0.15, 0.2) is 0 Å². The van der Waals surface area contributed by atoms with E-state index in [9.17, 15) is 0 Å². The van der Waals surface area contributed by atoms with Crippen LogP contribution in [-0.2, 0) is 0 Å². The van der Waals surface area contributed by atoms with E-state index >= 15 is 0 Å². The lowest BCUT2D eigenvalue weighted by Crippen LogP contribution is -2.61. The van der Waals surface area contributed by atoms with E-state index in [1.54, 1.807) is 6.26 Å². The molecule has 0 radical (unpaired) electrons. The van der Waals surface area contributed by atoms with Gasteiger partial charge in [0.05, 0.1) is 12.3 Å². The molecule has 1 aromatic heterocycles. The zero-order valence-corrected chi connectivity index (χ0v) is 10.7. The molecule has 2 unspecified atom stereocenters. The smallest absolute Gasteiger partial charge is 0.120 e. The summed E-state index contributed by atoms with van der Waals surface area (Å²) in [6.07, 6.45) is 1.75. The molecule has 0 bridgehead atoms. The number of hydrogen-bond donors (Lipinski definition) is 1. The summed E-state index contributed by atoms with van der Waals surface area (Å²) in [7, 11) is 0. The van der Waals surface area contributed by atoms with Gasteiger partial charge in [0.1, 0.15) is 5.76 Å². The van der Waals surface area contributed by atoms with E-state index in [0.29, 0.717) is 12.1 Å². The molecule has 16 heavy (non-hydrogen) atoms. The molecule has 1 fully saturated rings. The molecule has 2 heterocycles. The van der Waals surface area contributed by atoms with Crippen LogP contribution in [-0.4, -0.2) is 29.6 Å². The minimum Gasteiger partial charge on any atom is -0.468 e. The molecule has 2 rings (SSSR count). The molecule has 0 aliphatic carbocycles. The summed E-state index contributed by atoms with van der Waals surface area (Å²) < 4.78 is 5.50. The predicted octanol–water partition coefficient (Wildman–Crippen LogP) is 2.41. The SMILES string of the molecule is CC1CNC(C)(C)CN1C(C)c1ccco1. The largest absolute Gasteiger partial charge is 0.468 e. The molecule has 1 aliphatic rings. The van der Waals surface area contributed by atoms with Crippen LogP contribution in [0.4, 0.5) is 0 Å². The molecule has 3 nitrogen and oxygen atoms in total. The van der Waals surface area contributed by atoms with Crippen molar-refractivity contribution in [1.29, 1.82) is 0 Å². The fourth-order valence-corrected chi connectivity index (χ4v) is 2.42. The summed E-state index contributed by atoms with van der Waals surface area (Å²) >= 11 is 0. The average Bonchev–Trinajstić information content (AvgIpc) is 2.74. The Bertz CT molecular complexity index is 332. The third-order valence-corrected chi connectivity index (χ3v) is 3.47. The van der Waals surface area contributed by atoms with Gasteiger partial charge < -0.3 is 9.73 Å². The van der Waals surface area contributed by atoms with Crippen molar-refractivity contribution in [2.75, 3.05) is 13.1 Å². The van der Waals surface area contributed by atoms with Crippen molar-refractivity contribution >= 4 is 0 Å². The van der Waals surface area contributed by atoms with Crippen molar-refractivity contribution in [2.45, 2.75) is 45.3 Å². The molecule has 90 valence electrons. The minimum atomic E-state index is 0.188. The lowest BCUT2D eigenvalue weighted by atomic mass is 9.97. The molecule has 0 aromatic carbocycles. The first-order valence-electron chi connectivity index (χ1n) is 6.04. The van der Waals surface area contributed by atoms with Crippen LogP contribution < -0.4 is 5.32 Å². The van der Waals surface area contributed by atoms with E-state index in [1.807, 2.05) is 6.07 Å². The van der Waals surface area contributed by atoms with Gasteiger partial charge in [0, 0.05) is 24.7 Å². The van der Waals surface area contributed by atoms with Gasteiger partial charge in [0.25, 0.3) is 0 Å². The molecule has 2 atom stereocenters. The Morgan fingerprint density at radius 3 is 2.94 bits per heavy atom. The fourth-order valence-electron chi connectivity index (χ4n) is 2.42. The Labute approximate surface area is 97.8 Å². The molecule has 1 aromatic rings. The Morgan fingerprint density at radius 2 is 2.31 bits per heavy atom. The number of rotatable bonds is 2. The highest BCUT2D eigenvalue weighted by Gasteiger charge is 2.33. The lowest BCUT2D eigenvalue weighted by molar-refractivity contribution is 0.0602. The fraction of sp³-hybridized carbons (Fsp3) is 0.692. The van der Waals surface area contributed by atoms with Crippen molar-refractivity contribution in [3.05, 3.63) is 24.2 Å².